The number of rotatable bonds is 0. The van der Waals surface area contributed by atoms with Crippen LogP contribution in [0.15, 0.2) is 36.4 Å². The van der Waals surface area contributed by atoms with Crippen LogP contribution < -0.4 is 0 Å². The van der Waals surface area contributed by atoms with Crippen molar-refractivity contribution in [3.05, 3.63) is 47.5 Å². The Bertz CT molecular complexity index is 416. The van der Waals surface area contributed by atoms with Crippen LogP contribution in [-0.2, 0) is 5.41 Å². The van der Waals surface area contributed by atoms with E-state index in [1.54, 1.807) is 11.1 Å². The molecule has 0 bridgehead atoms. The Kier molecular flexibility index (Phi) is 0.862. The van der Waals surface area contributed by atoms with Gasteiger partial charge in [0.15, 0.2) is 0 Å². The van der Waals surface area contributed by atoms with E-state index in [0.29, 0.717) is 5.41 Å². The molecule has 2 unspecified atom stereocenters. The van der Waals surface area contributed by atoms with Crippen LogP contribution in [0.5, 0.6) is 0 Å². The summed E-state index contributed by atoms with van der Waals surface area (Å²) in [6, 6.07) is 9.03. The highest BCUT2D eigenvalue weighted by Gasteiger charge is 2.66. The van der Waals surface area contributed by atoms with Crippen LogP contribution in [0.4, 0.5) is 0 Å². The quantitative estimate of drug-likeness (QED) is 0.522. The van der Waals surface area contributed by atoms with Crippen molar-refractivity contribution in [2.24, 2.45) is 5.92 Å². The Hall–Kier alpha value is -1.04. The highest BCUT2D eigenvalue weighted by Crippen LogP contribution is 2.73. The Morgan fingerprint density at radius 3 is 3.15 bits per heavy atom. The monoisotopic (exact) mass is 168 g/mol. The minimum Gasteiger partial charge on any atom is -0.0876 e. The third-order valence-corrected chi connectivity index (χ3v) is 4.26. The van der Waals surface area contributed by atoms with Crippen molar-refractivity contribution in [3.63, 3.8) is 0 Å². The molecule has 1 aromatic carbocycles. The first kappa shape index (κ1) is 6.42. The van der Waals surface area contributed by atoms with E-state index < -0.39 is 0 Å². The molecule has 0 heteroatoms. The molecule has 13 heavy (non-hydrogen) atoms. The van der Waals surface area contributed by atoms with Crippen molar-refractivity contribution in [1.82, 2.24) is 0 Å². The Morgan fingerprint density at radius 2 is 2.15 bits per heavy atom. The second kappa shape index (κ2) is 1.75. The zero-order chi connectivity index (χ0) is 8.47. The maximum Gasteiger partial charge on any atom is 0.00964 e. The molecule has 3 aliphatic rings. The maximum atomic E-state index is 2.44. The van der Waals surface area contributed by atoms with Gasteiger partial charge in [0.05, 0.1) is 0 Å². The lowest BCUT2D eigenvalue weighted by Crippen LogP contribution is -2.34. The maximum absolute atomic E-state index is 2.44. The molecule has 4 rings (SSSR count). The second-order valence-corrected chi connectivity index (χ2v) is 4.65. The molecule has 0 amide bonds. The molecule has 0 nitrogen and oxygen atoms in total. The standard InChI is InChI=1S/C13H12/c1-2-6-11-10(5-1)12-7-3-4-9-8-13(9,11)12/h1-6,9,12H,7-8H2/t9?,12?,13-/m0/s1. The first-order valence-electron chi connectivity index (χ1n) is 5.19. The summed E-state index contributed by atoms with van der Waals surface area (Å²) in [5.41, 5.74) is 3.93. The van der Waals surface area contributed by atoms with Gasteiger partial charge in [-0.25, -0.2) is 0 Å². The predicted molar refractivity (Wildman–Crippen MR) is 52.7 cm³/mol. The number of hydrogen-bond donors (Lipinski definition) is 0. The van der Waals surface area contributed by atoms with Crippen LogP contribution in [0, 0.1) is 5.92 Å². The van der Waals surface area contributed by atoms with Gasteiger partial charge in [0.1, 0.15) is 0 Å². The van der Waals surface area contributed by atoms with Gasteiger partial charge in [0, 0.05) is 5.41 Å². The molecular weight excluding hydrogens is 156 g/mol. The summed E-state index contributed by atoms with van der Waals surface area (Å²) in [5, 5.41) is 0. The molecule has 1 saturated carbocycles. The fourth-order valence-electron chi connectivity index (χ4n) is 3.58. The summed E-state index contributed by atoms with van der Waals surface area (Å²) in [5.74, 6) is 1.76. The molecule has 0 radical (unpaired) electrons. The summed E-state index contributed by atoms with van der Waals surface area (Å²) in [4.78, 5) is 0. The van der Waals surface area contributed by atoms with E-state index in [4.69, 9.17) is 0 Å². The molecule has 1 aromatic rings. The van der Waals surface area contributed by atoms with Crippen molar-refractivity contribution in [2.45, 2.75) is 24.2 Å². The average Bonchev–Trinajstić information content (AvgIpc) is 2.91. The minimum absolute atomic E-state index is 0.630. The number of fused-ring (bicyclic) bond motifs is 2. The fourth-order valence-corrected chi connectivity index (χ4v) is 3.58. The molecule has 0 heterocycles. The van der Waals surface area contributed by atoms with Gasteiger partial charge in [-0.3, -0.25) is 0 Å². The smallest absolute Gasteiger partial charge is 0.00964 e. The molecular formula is C13H12. The van der Waals surface area contributed by atoms with Gasteiger partial charge in [-0.2, -0.15) is 0 Å². The van der Waals surface area contributed by atoms with E-state index in [1.807, 2.05) is 0 Å². The lowest BCUT2D eigenvalue weighted by atomic mass is 9.61. The molecule has 0 aromatic heterocycles. The van der Waals surface area contributed by atoms with Gasteiger partial charge in [0.2, 0.25) is 0 Å². The number of benzene rings is 1. The molecule has 0 N–H and O–H groups in total. The normalized spacial score (nSPS) is 42.8. The number of allylic oxidation sites excluding steroid dienone is 2. The summed E-state index contributed by atoms with van der Waals surface area (Å²) in [7, 11) is 0. The fraction of sp³-hybridized carbons (Fsp3) is 0.385. The third kappa shape index (κ3) is 0.524. The van der Waals surface area contributed by atoms with Gasteiger partial charge < -0.3 is 0 Å². The van der Waals surface area contributed by atoms with Crippen molar-refractivity contribution < 1.29 is 0 Å². The summed E-state index contributed by atoms with van der Waals surface area (Å²) >= 11 is 0. The van der Waals surface area contributed by atoms with Gasteiger partial charge in [-0.05, 0) is 35.8 Å². The van der Waals surface area contributed by atoms with Crippen LogP contribution in [0.3, 0.4) is 0 Å². The average molecular weight is 168 g/mol. The third-order valence-electron chi connectivity index (χ3n) is 4.26. The summed E-state index contributed by atoms with van der Waals surface area (Å²) in [6.07, 6.45) is 7.53. The first-order chi connectivity index (χ1) is 6.43. The Balaban J connectivity index is 1.97. The van der Waals surface area contributed by atoms with Crippen LogP contribution in [0.2, 0.25) is 0 Å². The Morgan fingerprint density at radius 1 is 1.23 bits per heavy atom. The summed E-state index contributed by atoms with van der Waals surface area (Å²) < 4.78 is 0. The van der Waals surface area contributed by atoms with Gasteiger partial charge in [0.25, 0.3) is 0 Å². The zero-order valence-corrected chi connectivity index (χ0v) is 7.53. The highest BCUT2D eigenvalue weighted by molar-refractivity contribution is 5.58. The van der Waals surface area contributed by atoms with E-state index in [9.17, 15) is 0 Å². The van der Waals surface area contributed by atoms with E-state index in [0.717, 1.165) is 11.8 Å². The largest absolute Gasteiger partial charge is 0.0876 e. The lowest BCUT2D eigenvalue weighted by Gasteiger charge is -2.42. The number of hydrogen-bond acceptors (Lipinski definition) is 0. The zero-order valence-electron chi connectivity index (χ0n) is 7.53. The van der Waals surface area contributed by atoms with Crippen molar-refractivity contribution in [2.75, 3.05) is 0 Å². The van der Waals surface area contributed by atoms with E-state index in [2.05, 4.69) is 36.4 Å². The molecule has 1 spiro atoms. The molecule has 1 fully saturated rings. The Labute approximate surface area is 78.3 Å². The van der Waals surface area contributed by atoms with Crippen LogP contribution in [-0.4, -0.2) is 0 Å². The van der Waals surface area contributed by atoms with Crippen molar-refractivity contribution in [3.8, 4) is 0 Å². The van der Waals surface area contributed by atoms with Crippen molar-refractivity contribution >= 4 is 0 Å². The second-order valence-electron chi connectivity index (χ2n) is 4.65. The molecule has 0 aliphatic heterocycles. The topological polar surface area (TPSA) is 0 Å². The molecule has 3 aliphatic carbocycles. The minimum atomic E-state index is 0.630. The van der Waals surface area contributed by atoms with E-state index in [-0.39, 0.29) is 0 Å². The predicted octanol–water partition coefficient (Wildman–Crippen LogP) is 3.00. The summed E-state index contributed by atoms with van der Waals surface area (Å²) in [6.45, 7) is 0. The SMILES string of the molecule is C1=CC2C[C@@]23c2ccccc2C3C1. The van der Waals surface area contributed by atoms with Gasteiger partial charge in [-0.1, -0.05) is 36.4 Å². The van der Waals surface area contributed by atoms with Crippen LogP contribution >= 0.6 is 0 Å². The van der Waals surface area contributed by atoms with Crippen LogP contribution in [0.25, 0.3) is 0 Å². The highest BCUT2D eigenvalue weighted by atomic mass is 14.7. The van der Waals surface area contributed by atoms with Crippen molar-refractivity contribution in [1.29, 1.82) is 0 Å². The van der Waals surface area contributed by atoms with E-state index in [1.165, 1.54) is 12.8 Å². The van der Waals surface area contributed by atoms with Gasteiger partial charge in [-0.15, -0.1) is 0 Å². The van der Waals surface area contributed by atoms with Gasteiger partial charge >= 0.3 is 0 Å². The first-order valence-corrected chi connectivity index (χ1v) is 5.19. The molecule has 0 saturated heterocycles. The molecule has 3 atom stereocenters. The van der Waals surface area contributed by atoms with E-state index >= 15 is 0 Å². The molecule has 64 valence electrons. The lowest BCUT2D eigenvalue weighted by molar-refractivity contribution is 0.421. The van der Waals surface area contributed by atoms with Crippen LogP contribution in [0.1, 0.15) is 29.9 Å².